The van der Waals surface area contributed by atoms with Crippen molar-refractivity contribution in [2.45, 2.75) is 26.3 Å². The van der Waals surface area contributed by atoms with E-state index in [1.807, 2.05) is 6.07 Å². The zero-order valence-electron chi connectivity index (χ0n) is 14.4. The summed E-state index contributed by atoms with van der Waals surface area (Å²) in [7, 11) is 0. The first-order valence-electron chi connectivity index (χ1n) is 8.51. The van der Waals surface area contributed by atoms with Crippen molar-refractivity contribution in [3.05, 3.63) is 57.7 Å². The molecule has 0 spiro atoms. The Morgan fingerprint density at radius 1 is 1.27 bits per heavy atom. The van der Waals surface area contributed by atoms with Crippen LogP contribution >= 0.6 is 15.9 Å². The molecule has 0 radical (unpaired) electrons. The van der Waals surface area contributed by atoms with Gasteiger partial charge < -0.3 is 14.6 Å². The van der Waals surface area contributed by atoms with E-state index in [1.54, 1.807) is 30.0 Å². The molecule has 2 amide bonds. The molecule has 5 nitrogen and oxygen atoms in total. The minimum Gasteiger partial charge on any atom is -0.444 e. The molecule has 0 atom stereocenters. The molecule has 26 heavy (non-hydrogen) atoms. The van der Waals surface area contributed by atoms with Gasteiger partial charge in [-0.2, -0.15) is 0 Å². The molecule has 0 saturated carbocycles. The van der Waals surface area contributed by atoms with Crippen LogP contribution in [0.1, 0.15) is 34.5 Å². The van der Waals surface area contributed by atoms with E-state index in [0.717, 1.165) is 5.56 Å². The molecular formula is C19H20BrFN2O3. The number of amides is 2. The topological polar surface area (TPSA) is 62.6 Å². The average molecular weight is 423 g/mol. The summed E-state index contributed by atoms with van der Waals surface area (Å²) in [5.74, 6) is -0.337. The maximum Gasteiger partial charge on any atom is 0.289 e. The Bertz CT molecular complexity index is 813. The number of nitrogens with zero attached hydrogens (tertiary/aromatic N) is 1. The lowest BCUT2D eigenvalue weighted by Gasteiger charge is -2.30. The Morgan fingerprint density at radius 2 is 2.00 bits per heavy atom. The van der Waals surface area contributed by atoms with Gasteiger partial charge in [0.15, 0.2) is 10.4 Å². The largest absolute Gasteiger partial charge is 0.444 e. The van der Waals surface area contributed by atoms with Crippen LogP contribution in [0.15, 0.2) is 39.4 Å². The van der Waals surface area contributed by atoms with Crippen LogP contribution in [0.2, 0.25) is 0 Å². The Morgan fingerprint density at radius 3 is 2.62 bits per heavy atom. The lowest BCUT2D eigenvalue weighted by Crippen LogP contribution is -2.42. The normalized spacial score (nSPS) is 15.1. The number of rotatable bonds is 4. The quantitative estimate of drug-likeness (QED) is 0.817. The highest BCUT2D eigenvalue weighted by Gasteiger charge is 2.28. The fourth-order valence-corrected chi connectivity index (χ4v) is 3.32. The molecule has 1 aliphatic heterocycles. The van der Waals surface area contributed by atoms with Crippen molar-refractivity contribution >= 4 is 27.7 Å². The third-order valence-corrected chi connectivity index (χ3v) is 5.07. The maximum atomic E-state index is 13.6. The third kappa shape index (κ3) is 4.33. The monoisotopic (exact) mass is 422 g/mol. The summed E-state index contributed by atoms with van der Waals surface area (Å²) in [5, 5.41) is 2.86. The number of aryl methyl sites for hydroxylation is 1. The van der Waals surface area contributed by atoms with Gasteiger partial charge in [0.05, 0.1) is 0 Å². The fourth-order valence-electron chi connectivity index (χ4n) is 3.01. The first kappa shape index (κ1) is 18.6. The van der Waals surface area contributed by atoms with E-state index < -0.39 is 0 Å². The Labute approximate surface area is 159 Å². The van der Waals surface area contributed by atoms with Crippen LogP contribution in [0.25, 0.3) is 0 Å². The molecule has 1 saturated heterocycles. The highest BCUT2D eigenvalue weighted by atomic mass is 79.9. The molecule has 1 N–H and O–H groups in total. The number of carbonyl (C=O) groups excluding carboxylic acids is 2. The van der Waals surface area contributed by atoms with Gasteiger partial charge in [-0.05, 0) is 65.0 Å². The first-order chi connectivity index (χ1) is 12.4. The van der Waals surface area contributed by atoms with Crippen molar-refractivity contribution in [3.8, 4) is 0 Å². The van der Waals surface area contributed by atoms with Gasteiger partial charge in [-0.1, -0.05) is 12.1 Å². The maximum absolute atomic E-state index is 13.6. The van der Waals surface area contributed by atoms with E-state index >= 15 is 0 Å². The molecule has 138 valence electrons. The minimum atomic E-state index is -0.270. The second-order valence-electron chi connectivity index (χ2n) is 6.47. The van der Waals surface area contributed by atoms with E-state index in [4.69, 9.17) is 4.42 Å². The number of nitrogens with one attached hydrogen (secondary N) is 1. The van der Waals surface area contributed by atoms with E-state index in [-0.39, 0.29) is 23.5 Å². The summed E-state index contributed by atoms with van der Waals surface area (Å²) >= 11 is 3.18. The van der Waals surface area contributed by atoms with E-state index in [0.29, 0.717) is 48.5 Å². The van der Waals surface area contributed by atoms with Crippen LogP contribution in [0.5, 0.6) is 0 Å². The van der Waals surface area contributed by atoms with E-state index in [2.05, 4.69) is 21.2 Å². The van der Waals surface area contributed by atoms with E-state index in [9.17, 15) is 14.0 Å². The van der Waals surface area contributed by atoms with Gasteiger partial charge in [0.25, 0.3) is 5.91 Å². The minimum absolute atomic E-state index is 0.0566. The number of hydrogen-bond acceptors (Lipinski definition) is 3. The van der Waals surface area contributed by atoms with Gasteiger partial charge in [0.2, 0.25) is 5.91 Å². The van der Waals surface area contributed by atoms with Crippen molar-refractivity contribution in [3.63, 3.8) is 0 Å². The van der Waals surface area contributed by atoms with Crippen molar-refractivity contribution in [1.29, 1.82) is 0 Å². The highest BCUT2D eigenvalue weighted by molar-refractivity contribution is 9.10. The van der Waals surface area contributed by atoms with Crippen LogP contribution < -0.4 is 5.32 Å². The van der Waals surface area contributed by atoms with Gasteiger partial charge in [-0.3, -0.25) is 9.59 Å². The molecule has 0 unspecified atom stereocenters. The lowest BCUT2D eigenvalue weighted by atomic mass is 9.95. The predicted molar refractivity (Wildman–Crippen MR) is 98.0 cm³/mol. The highest BCUT2D eigenvalue weighted by Crippen LogP contribution is 2.21. The molecule has 1 aliphatic rings. The molecule has 3 rings (SSSR count). The Hall–Kier alpha value is -2.15. The van der Waals surface area contributed by atoms with Crippen molar-refractivity contribution in [2.75, 3.05) is 13.1 Å². The van der Waals surface area contributed by atoms with Crippen molar-refractivity contribution in [2.24, 2.45) is 5.92 Å². The number of likely N-dealkylation sites (tertiary alicyclic amines) is 1. The molecule has 1 fully saturated rings. The summed E-state index contributed by atoms with van der Waals surface area (Å²) in [4.78, 5) is 26.4. The second kappa shape index (κ2) is 8.03. The van der Waals surface area contributed by atoms with E-state index in [1.165, 1.54) is 6.07 Å². The molecule has 2 aromatic rings. The Balaban J connectivity index is 1.48. The van der Waals surface area contributed by atoms with Gasteiger partial charge >= 0.3 is 0 Å². The number of piperidine rings is 1. The van der Waals surface area contributed by atoms with Crippen LogP contribution in [0.4, 0.5) is 4.39 Å². The summed E-state index contributed by atoms with van der Waals surface area (Å²) in [6.07, 6.45) is 1.20. The SMILES string of the molecule is Cc1ccc(CNC(=O)C2CCN(C(=O)c3ccc(Br)o3)CC2)cc1F. The Kier molecular flexibility index (Phi) is 5.76. The van der Waals surface area contributed by atoms with Crippen LogP contribution in [0, 0.1) is 18.7 Å². The van der Waals surface area contributed by atoms with Crippen molar-refractivity contribution < 1.29 is 18.4 Å². The molecule has 7 heteroatoms. The predicted octanol–water partition coefficient (Wildman–Crippen LogP) is 3.66. The van der Waals surface area contributed by atoms with Gasteiger partial charge in [-0.15, -0.1) is 0 Å². The summed E-state index contributed by atoms with van der Waals surface area (Å²) in [6.45, 7) is 3.02. The average Bonchev–Trinajstić information content (AvgIpc) is 3.08. The molecule has 1 aromatic heterocycles. The standard InChI is InChI=1S/C19H20BrFN2O3/c1-12-2-3-13(10-15(12)21)11-22-18(24)14-6-8-23(9-7-14)19(25)16-4-5-17(20)26-16/h2-5,10,14H,6-9,11H2,1H3,(H,22,24). The van der Waals surface area contributed by atoms with Crippen LogP contribution in [-0.2, 0) is 11.3 Å². The number of carbonyl (C=O) groups is 2. The number of halogens is 2. The van der Waals surface area contributed by atoms with Crippen LogP contribution in [0.3, 0.4) is 0 Å². The second-order valence-corrected chi connectivity index (χ2v) is 7.25. The van der Waals surface area contributed by atoms with Crippen LogP contribution in [-0.4, -0.2) is 29.8 Å². The molecule has 0 aliphatic carbocycles. The molecule has 1 aromatic carbocycles. The number of furan rings is 1. The fraction of sp³-hybridized carbons (Fsp3) is 0.368. The zero-order valence-corrected chi connectivity index (χ0v) is 16.0. The van der Waals surface area contributed by atoms with Gasteiger partial charge in [-0.25, -0.2) is 4.39 Å². The number of hydrogen-bond donors (Lipinski definition) is 1. The molecular weight excluding hydrogens is 403 g/mol. The third-order valence-electron chi connectivity index (χ3n) is 4.64. The smallest absolute Gasteiger partial charge is 0.289 e. The molecule has 0 bridgehead atoms. The zero-order chi connectivity index (χ0) is 18.7. The lowest BCUT2D eigenvalue weighted by molar-refractivity contribution is -0.126. The van der Waals surface area contributed by atoms with Gasteiger partial charge in [0, 0.05) is 25.6 Å². The first-order valence-corrected chi connectivity index (χ1v) is 9.30. The summed E-state index contributed by atoms with van der Waals surface area (Å²) < 4.78 is 19.4. The summed E-state index contributed by atoms with van der Waals surface area (Å²) in [5.41, 5.74) is 1.32. The number of benzene rings is 1. The molecule has 2 heterocycles. The van der Waals surface area contributed by atoms with Gasteiger partial charge in [0.1, 0.15) is 5.82 Å². The summed E-state index contributed by atoms with van der Waals surface area (Å²) in [6, 6.07) is 8.26. The van der Waals surface area contributed by atoms with Crippen molar-refractivity contribution in [1.82, 2.24) is 10.2 Å².